The maximum atomic E-state index is 4.19. The van der Waals surface area contributed by atoms with Crippen LogP contribution in [0.25, 0.3) is 11.1 Å². The molecule has 2 heteroatoms. The number of hydrogen-bond acceptors (Lipinski definition) is 2. The highest BCUT2D eigenvalue weighted by Crippen LogP contribution is 2.58. The molecule has 0 N–H and O–H groups in total. The molecular formula is C67H78N2. The molecule has 69 heavy (non-hydrogen) atoms. The third-order valence-corrected chi connectivity index (χ3v) is 14.9. The van der Waals surface area contributed by atoms with Crippen molar-refractivity contribution in [1.82, 2.24) is 0 Å². The van der Waals surface area contributed by atoms with E-state index in [2.05, 4.69) is 217 Å². The van der Waals surface area contributed by atoms with E-state index in [4.69, 9.17) is 0 Å². The molecule has 0 atom stereocenters. The van der Waals surface area contributed by atoms with Crippen LogP contribution in [-0.2, 0) is 18.3 Å². The van der Waals surface area contributed by atoms with Crippen molar-refractivity contribution in [3.63, 3.8) is 0 Å². The number of para-hydroxylation sites is 2. The molecule has 0 fully saturated rings. The van der Waals surface area contributed by atoms with E-state index in [1.807, 2.05) is 0 Å². The van der Waals surface area contributed by atoms with E-state index in [1.54, 1.807) is 0 Å². The number of rotatable bonds is 22. The van der Waals surface area contributed by atoms with Crippen molar-refractivity contribution in [2.45, 2.75) is 151 Å². The van der Waals surface area contributed by atoms with Gasteiger partial charge in [-0.25, -0.2) is 0 Å². The third kappa shape index (κ3) is 10.6. The van der Waals surface area contributed by atoms with E-state index in [0.717, 1.165) is 38.5 Å². The summed E-state index contributed by atoms with van der Waals surface area (Å²) in [5, 5.41) is 0. The fourth-order valence-electron chi connectivity index (χ4n) is 11.9. The van der Waals surface area contributed by atoms with Crippen LogP contribution in [0.1, 0.15) is 152 Å². The summed E-state index contributed by atoms with van der Waals surface area (Å²) in [6, 6.07) is 54.3. The SMILES string of the molecule is C=CCCCCC1(c2cc(CCCCCC)cc(CCCCCC)c2)c2cc(N(c3ccccc3)c3c(C)cc(C)cc3C)ccc2-c2ccc(N(c3ccccc3)c3c(C)cc(C)cc3C)cc21. The summed E-state index contributed by atoms with van der Waals surface area (Å²) in [5.74, 6) is 0. The minimum Gasteiger partial charge on any atom is -0.310 e. The standard InChI is InChI=1S/C67H78N2/c1-10-13-16-21-28-54-43-55(29-22-17-14-11-2)45-56(44-54)67(38-27-18-15-12-3)63-46-59(68(57-30-23-19-24-31-57)65-50(6)39-48(4)40-51(65)7)34-36-61(63)62-37-35-60(47-64(62)67)69(58-32-25-20-26-33-58)66-52(8)41-49(5)42-53(66)9/h12,19-20,23-26,30-37,39-47H,3,10-11,13-18,21-22,27-29,38H2,1-2,4-9H3. The Morgan fingerprint density at radius 3 is 1.28 bits per heavy atom. The van der Waals surface area contributed by atoms with Crippen LogP contribution in [0.4, 0.5) is 34.1 Å². The van der Waals surface area contributed by atoms with Gasteiger partial charge in [-0.05, 0) is 196 Å². The maximum Gasteiger partial charge on any atom is 0.0520 e. The first-order chi connectivity index (χ1) is 33.6. The molecule has 0 bridgehead atoms. The quantitative estimate of drug-likeness (QED) is 0.0494. The summed E-state index contributed by atoms with van der Waals surface area (Å²) >= 11 is 0. The highest BCUT2D eigenvalue weighted by molar-refractivity contribution is 5.91. The van der Waals surface area contributed by atoms with Gasteiger partial charge in [0.25, 0.3) is 0 Å². The normalized spacial score (nSPS) is 12.5. The lowest BCUT2D eigenvalue weighted by molar-refractivity contribution is 0.528. The van der Waals surface area contributed by atoms with E-state index < -0.39 is 5.41 Å². The Bertz CT molecular complexity index is 2620. The smallest absolute Gasteiger partial charge is 0.0520 e. The van der Waals surface area contributed by atoms with Crippen molar-refractivity contribution in [2.75, 3.05) is 9.80 Å². The third-order valence-electron chi connectivity index (χ3n) is 14.9. The molecule has 2 nitrogen and oxygen atoms in total. The largest absolute Gasteiger partial charge is 0.310 e. The summed E-state index contributed by atoms with van der Waals surface area (Å²) in [6.45, 7) is 22.4. The molecule has 7 aromatic rings. The molecule has 1 aliphatic rings. The van der Waals surface area contributed by atoms with Crippen LogP contribution in [0.3, 0.4) is 0 Å². The predicted octanol–water partition coefficient (Wildman–Crippen LogP) is 19.8. The topological polar surface area (TPSA) is 6.48 Å². The van der Waals surface area contributed by atoms with Gasteiger partial charge in [0.15, 0.2) is 0 Å². The van der Waals surface area contributed by atoms with Crippen molar-refractivity contribution < 1.29 is 0 Å². The molecule has 0 aromatic heterocycles. The van der Waals surface area contributed by atoms with E-state index >= 15 is 0 Å². The fourth-order valence-corrected chi connectivity index (χ4v) is 11.9. The van der Waals surface area contributed by atoms with Gasteiger partial charge >= 0.3 is 0 Å². The lowest BCUT2D eigenvalue weighted by atomic mass is 9.68. The molecular weight excluding hydrogens is 833 g/mol. The van der Waals surface area contributed by atoms with Gasteiger partial charge in [-0.3, -0.25) is 0 Å². The Balaban J connectivity index is 1.44. The number of allylic oxidation sites excluding steroid dienone is 1. The van der Waals surface area contributed by atoms with Gasteiger partial charge in [-0.15, -0.1) is 6.58 Å². The number of anilines is 6. The summed E-state index contributed by atoms with van der Waals surface area (Å²) in [7, 11) is 0. The monoisotopic (exact) mass is 911 g/mol. The summed E-state index contributed by atoms with van der Waals surface area (Å²) in [6.07, 6.45) is 18.6. The molecule has 0 saturated carbocycles. The number of hydrogen-bond donors (Lipinski definition) is 0. The van der Waals surface area contributed by atoms with Crippen molar-refractivity contribution in [2.24, 2.45) is 0 Å². The van der Waals surface area contributed by atoms with Gasteiger partial charge in [0.05, 0.1) is 11.4 Å². The molecule has 1 aliphatic carbocycles. The van der Waals surface area contributed by atoms with Crippen molar-refractivity contribution in [3.05, 3.63) is 213 Å². The lowest BCUT2D eigenvalue weighted by Gasteiger charge is -2.36. The van der Waals surface area contributed by atoms with Gasteiger partial charge in [-0.2, -0.15) is 0 Å². The van der Waals surface area contributed by atoms with Crippen molar-refractivity contribution in [3.8, 4) is 11.1 Å². The predicted molar refractivity (Wildman–Crippen MR) is 300 cm³/mol. The lowest BCUT2D eigenvalue weighted by Crippen LogP contribution is -2.28. The molecule has 356 valence electrons. The number of fused-ring (bicyclic) bond motifs is 3. The number of aryl methyl sites for hydroxylation is 8. The maximum absolute atomic E-state index is 4.19. The second-order valence-corrected chi connectivity index (χ2v) is 20.4. The van der Waals surface area contributed by atoms with E-state index in [9.17, 15) is 0 Å². The zero-order valence-corrected chi connectivity index (χ0v) is 43.4. The minimum atomic E-state index is -0.408. The Hall–Kier alpha value is -6.12. The number of unbranched alkanes of at least 4 members (excludes halogenated alkanes) is 8. The highest BCUT2D eigenvalue weighted by Gasteiger charge is 2.45. The van der Waals surface area contributed by atoms with Crippen LogP contribution in [0.15, 0.2) is 152 Å². The zero-order valence-electron chi connectivity index (χ0n) is 43.4. The van der Waals surface area contributed by atoms with Crippen LogP contribution < -0.4 is 9.80 Å². The van der Waals surface area contributed by atoms with Gasteiger partial charge in [0.1, 0.15) is 0 Å². The number of nitrogens with zero attached hydrogens (tertiary/aromatic N) is 2. The van der Waals surface area contributed by atoms with Gasteiger partial charge in [0, 0.05) is 28.2 Å². The van der Waals surface area contributed by atoms with Crippen LogP contribution in [0.2, 0.25) is 0 Å². The second-order valence-electron chi connectivity index (χ2n) is 20.4. The fraction of sp³-hybridized carbons (Fsp3) is 0.343. The van der Waals surface area contributed by atoms with Gasteiger partial charge in [0.2, 0.25) is 0 Å². The van der Waals surface area contributed by atoms with E-state index in [-0.39, 0.29) is 0 Å². The number of benzene rings is 7. The van der Waals surface area contributed by atoms with Crippen molar-refractivity contribution >= 4 is 34.1 Å². The molecule has 0 amide bonds. The first-order valence-electron chi connectivity index (χ1n) is 26.5. The summed E-state index contributed by atoms with van der Waals surface area (Å²) in [4.78, 5) is 5.06. The Morgan fingerprint density at radius 2 is 0.870 bits per heavy atom. The van der Waals surface area contributed by atoms with Crippen molar-refractivity contribution in [1.29, 1.82) is 0 Å². The van der Waals surface area contributed by atoms with Crippen LogP contribution >= 0.6 is 0 Å². The summed E-state index contributed by atoms with van der Waals surface area (Å²) in [5.41, 5.74) is 24.6. The Labute approximate surface area is 417 Å². The average molecular weight is 911 g/mol. The van der Waals surface area contributed by atoms with Crippen LogP contribution in [0.5, 0.6) is 0 Å². The molecule has 7 aromatic carbocycles. The van der Waals surface area contributed by atoms with E-state index in [1.165, 1.54) is 158 Å². The Kier molecular flexibility index (Phi) is 16.1. The summed E-state index contributed by atoms with van der Waals surface area (Å²) < 4.78 is 0. The first kappa shape index (κ1) is 49.3. The highest BCUT2D eigenvalue weighted by atomic mass is 15.2. The Morgan fingerprint density at radius 1 is 0.435 bits per heavy atom. The molecule has 0 radical (unpaired) electrons. The molecule has 0 unspecified atom stereocenters. The molecule has 0 spiro atoms. The molecule has 0 aliphatic heterocycles. The van der Waals surface area contributed by atoms with Crippen LogP contribution in [-0.4, -0.2) is 0 Å². The van der Waals surface area contributed by atoms with E-state index in [0.29, 0.717) is 0 Å². The molecule has 0 saturated heterocycles. The van der Waals surface area contributed by atoms with Crippen LogP contribution in [0, 0.1) is 41.5 Å². The molecule has 8 rings (SSSR count). The second kappa shape index (κ2) is 22.5. The van der Waals surface area contributed by atoms with Gasteiger partial charge < -0.3 is 9.80 Å². The van der Waals surface area contributed by atoms with Gasteiger partial charge in [-0.1, -0.05) is 167 Å². The molecule has 0 heterocycles. The zero-order chi connectivity index (χ0) is 48.5. The minimum absolute atomic E-state index is 0.408. The first-order valence-corrected chi connectivity index (χ1v) is 26.5. The average Bonchev–Trinajstić information content (AvgIpc) is 3.62.